The van der Waals surface area contributed by atoms with Gasteiger partial charge in [0.25, 0.3) is 0 Å². The van der Waals surface area contributed by atoms with Gasteiger partial charge in [0.1, 0.15) is 0 Å². The lowest BCUT2D eigenvalue weighted by Crippen LogP contribution is -2.52. The van der Waals surface area contributed by atoms with Gasteiger partial charge in [0, 0.05) is 39.1 Å². The Hall–Kier alpha value is -0.426. The molecule has 2 nitrogen and oxygen atoms in total. The van der Waals surface area contributed by atoms with Crippen molar-refractivity contribution in [1.29, 1.82) is 0 Å². The van der Waals surface area contributed by atoms with Gasteiger partial charge in [-0.1, -0.05) is 38.1 Å². The first-order valence-corrected chi connectivity index (χ1v) is 11.3. The lowest BCUT2D eigenvalue weighted by Gasteiger charge is -2.47. The molecule has 0 aromatic heterocycles. The van der Waals surface area contributed by atoms with Crippen LogP contribution in [0.25, 0.3) is 0 Å². The molecule has 2 unspecified atom stereocenters. The number of hydrogen-bond acceptors (Lipinski definition) is 2. The van der Waals surface area contributed by atoms with Gasteiger partial charge in [-0.05, 0) is 49.7 Å². The number of hydrogen-bond donors (Lipinski definition) is 0. The fraction of sp³-hybridized carbons (Fsp3) is 0.684. The van der Waals surface area contributed by atoms with E-state index in [-0.39, 0.29) is 15.9 Å². The van der Waals surface area contributed by atoms with Gasteiger partial charge < -0.3 is 9.47 Å². The maximum absolute atomic E-state index is 6.29. The van der Waals surface area contributed by atoms with Crippen LogP contribution < -0.4 is 0 Å². The molecule has 3 rings (SSSR count). The minimum absolute atomic E-state index is 0.0426. The molecule has 2 aliphatic rings. The van der Waals surface area contributed by atoms with Gasteiger partial charge in [0.15, 0.2) is 0 Å². The number of benzene rings is 1. The van der Waals surface area contributed by atoms with Crippen LogP contribution in [-0.4, -0.2) is 38.9 Å². The average molecular weight is 349 g/mol. The van der Waals surface area contributed by atoms with Gasteiger partial charge in [-0.15, -0.1) is 0 Å². The van der Waals surface area contributed by atoms with Crippen molar-refractivity contribution in [2.75, 3.05) is 13.2 Å². The molecule has 0 bridgehead atoms. The lowest BCUT2D eigenvalue weighted by molar-refractivity contribution is -0.0606. The molecule has 2 aliphatic heterocycles. The van der Waals surface area contributed by atoms with Crippen LogP contribution in [0, 0.1) is 0 Å². The largest absolute Gasteiger partial charge is 0.379 e. The van der Waals surface area contributed by atoms with Crippen molar-refractivity contribution in [2.24, 2.45) is 0 Å². The standard InChI is InChI=1S/C19H32O2Si2/c1-17(2,19(23)12-4-6-14-21-19)15-7-9-16(10-8-15)18(22)11-3-5-13-20-18/h7-10H,3-6,11-14H2,1-2,22-23H3. The summed E-state index contributed by atoms with van der Waals surface area (Å²) in [5.74, 6) is 0. The Morgan fingerprint density at radius 1 is 0.870 bits per heavy atom. The summed E-state index contributed by atoms with van der Waals surface area (Å²) in [5, 5.41) is 0.119. The van der Waals surface area contributed by atoms with Crippen molar-refractivity contribution in [3.63, 3.8) is 0 Å². The van der Waals surface area contributed by atoms with Gasteiger partial charge >= 0.3 is 0 Å². The molecule has 0 amide bonds. The maximum Gasteiger partial charge on any atom is 0.0723 e. The average Bonchev–Trinajstić information content (AvgIpc) is 2.56. The van der Waals surface area contributed by atoms with Gasteiger partial charge in [0.05, 0.1) is 10.4 Å². The highest BCUT2D eigenvalue weighted by atomic mass is 28.1. The lowest BCUT2D eigenvalue weighted by atomic mass is 9.75. The third kappa shape index (κ3) is 3.23. The Morgan fingerprint density at radius 3 is 2.00 bits per heavy atom. The Kier molecular flexibility index (Phi) is 4.89. The fourth-order valence-electron chi connectivity index (χ4n) is 4.13. The first-order chi connectivity index (χ1) is 10.9. The third-order valence-electron chi connectivity index (χ3n) is 6.48. The topological polar surface area (TPSA) is 18.5 Å². The van der Waals surface area contributed by atoms with E-state index in [1.165, 1.54) is 49.7 Å². The zero-order valence-corrected chi connectivity index (χ0v) is 19.3. The van der Waals surface area contributed by atoms with Gasteiger partial charge in [-0.3, -0.25) is 0 Å². The Morgan fingerprint density at radius 2 is 1.48 bits per heavy atom. The van der Waals surface area contributed by atoms with Crippen LogP contribution in [0.2, 0.25) is 0 Å². The molecule has 1 aromatic rings. The summed E-state index contributed by atoms with van der Waals surface area (Å²) in [4.78, 5) is 0. The summed E-state index contributed by atoms with van der Waals surface area (Å²) in [6.07, 6.45) is 7.45. The minimum atomic E-state index is 0.0426. The van der Waals surface area contributed by atoms with E-state index in [2.05, 4.69) is 38.1 Å². The molecular weight excluding hydrogens is 316 g/mol. The zero-order chi connectivity index (χ0) is 16.6. The predicted molar refractivity (Wildman–Crippen MR) is 103 cm³/mol. The molecule has 2 saturated heterocycles. The molecular formula is C19H32O2Si2. The van der Waals surface area contributed by atoms with Crippen LogP contribution in [-0.2, 0) is 20.1 Å². The molecule has 0 aliphatic carbocycles. The molecule has 4 heteroatoms. The van der Waals surface area contributed by atoms with Crippen LogP contribution in [0.15, 0.2) is 24.3 Å². The molecule has 1 aromatic carbocycles. The Labute approximate surface area is 147 Å². The van der Waals surface area contributed by atoms with Crippen molar-refractivity contribution in [3.05, 3.63) is 35.4 Å². The van der Waals surface area contributed by atoms with E-state index in [0.717, 1.165) is 33.7 Å². The Bertz CT molecular complexity index is 527. The molecule has 0 radical (unpaired) electrons. The highest BCUT2D eigenvalue weighted by Crippen LogP contribution is 2.42. The smallest absolute Gasteiger partial charge is 0.0723 e. The summed E-state index contributed by atoms with van der Waals surface area (Å²) in [6, 6.07) is 9.32. The SMILES string of the molecule is CC(C)(c1ccc(C2([SiH3])CCCCO2)cc1)C1([SiH3])CCCCO1. The van der Waals surface area contributed by atoms with E-state index in [4.69, 9.17) is 9.47 Å². The van der Waals surface area contributed by atoms with Crippen molar-refractivity contribution in [1.82, 2.24) is 0 Å². The summed E-state index contributed by atoms with van der Waals surface area (Å²) in [7, 11) is 2.15. The quantitative estimate of drug-likeness (QED) is 0.777. The first-order valence-electron chi connectivity index (χ1n) is 9.26. The Balaban J connectivity index is 1.83. The van der Waals surface area contributed by atoms with Crippen LogP contribution in [0.1, 0.15) is 63.5 Å². The molecule has 0 saturated carbocycles. The summed E-state index contributed by atoms with van der Waals surface area (Å²) < 4.78 is 12.5. The van der Waals surface area contributed by atoms with Crippen LogP contribution in [0.3, 0.4) is 0 Å². The van der Waals surface area contributed by atoms with Crippen molar-refractivity contribution in [2.45, 2.75) is 68.2 Å². The highest BCUT2D eigenvalue weighted by molar-refractivity contribution is 6.16. The van der Waals surface area contributed by atoms with Crippen LogP contribution in [0.5, 0.6) is 0 Å². The summed E-state index contributed by atoms with van der Waals surface area (Å²) in [6.45, 7) is 6.60. The highest BCUT2D eigenvalue weighted by Gasteiger charge is 2.44. The summed E-state index contributed by atoms with van der Waals surface area (Å²) in [5.41, 5.74) is 2.89. The van der Waals surface area contributed by atoms with Crippen molar-refractivity contribution < 1.29 is 9.47 Å². The monoisotopic (exact) mass is 348 g/mol. The van der Waals surface area contributed by atoms with E-state index < -0.39 is 0 Å². The second kappa shape index (κ2) is 6.47. The van der Waals surface area contributed by atoms with E-state index in [1.54, 1.807) is 0 Å². The number of ether oxygens (including phenoxy) is 2. The molecule has 2 fully saturated rings. The molecule has 2 heterocycles. The molecule has 128 valence electrons. The normalized spacial score (nSPS) is 33.0. The van der Waals surface area contributed by atoms with Gasteiger partial charge in [0.2, 0.25) is 0 Å². The molecule has 2 atom stereocenters. The second-order valence-corrected chi connectivity index (χ2v) is 11.5. The van der Waals surface area contributed by atoms with E-state index >= 15 is 0 Å². The maximum atomic E-state index is 6.29. The first kappa shape index (κ1) is 17.4. The van der Waals surface area contributed by atoms with Gasteiger partial charge in [-0.2, -0.15) is 0 Å². The second-order valence-electron chi connectivity index (χ2n) is 8.28. The van der Waals surface area contributed by atoms with E-state index in [9.17, 15) is 0 Å². The van der Waals surface area contributed by atoms with E-state index in [1.807, 2.05) is 0 Å². The van der Waals surface area contributed by atoms with Crippen molar-refractivity contribution >= 4 is 20.5 Å². The predicted octanol–water partition coefficient (Wildman–Crippen LogP) is 1.95. The number of rotatable bonds is 3. The molecule has 0 N–H and O–H groups in total. The van der Waals surface area contributed by atoms with Crippen molar-refractivity contribution in [3.8, 4) is 0 Å². The molecule has 23 heavy (non-hydrogen) atoms. The van der Waals surface area contributed by atoms with Crippen LogP contribution >= 0.6 is 0 Å². The fourth-order valence-corrected chi connectivity index (χ4v) is 5.87. The zero-order valence-electron chi connectivity index (χ0n) is 15.3. The van der Waals surface area contributed by atoms with Gasteiger partial charge in [-0.25, -0.2) is 0 Å². The van der Waals surface area contributed by atoms with E-state index in [0.29, 0.717) is 0 Å². The molecule has 0 spiro atoms. The summed E-state index contributed by atoms with van der Waals surface area (Å²) >= 11 is 0. The third-order valence-corrected chi connectivity index (χ3v) is 9.88. The van der Waals surface area contributed by atoms with Crippen LogP contribution in [0.4, 0.5) is 0 Å². The minimum Gasteiger partial charge on any atom is -0.379 e.